The van der Waals surface area contributed by atoms with Crippen LogP contribution in [-0.2, 0) is 14.3 Å². The quantitative estimate of drug-likeness (QED) is 0.394. The molecule has 2 fully saturated rings. The van der Waals surface area contributed by atoms with Crippen molar-refractivity contribution in [2.24, 2.45) is 0 Å². The Morgan fingerprint density at radius 3 is 2.62 bits per heavy atom. The average Bonchev–Trinajstić information content (AvgIpc) is 3.30. The maximum absolute atomic E-state index is 12.9. The molecule has 2 aliphatic rings. The Kier molecular flexibility index (Phi) is 5.76. The Hall–Kier alpha value is -2.15. The van der Waals surface area contributed by atoms with Gasteiger partial charge in [0.25, 0.3) is 11.7 Å². The predicted octanol–water partition coefficient (Wildman–Crippen LogP) is 4.70. The van der Waals surface area contributed by atoms with Crippen LogP contribution in [0.5, 0.6) is 0 Å². The molecule has 1 amide bonds. The zero-order valence-corrected chi connectivity index (χ0v) is 17.8. The van der Waals surface area contributed by atoms with Crippen molar-refractivity contribution in [1.29, 1.82) is 0 Å². The largest absolute Gasteiger partial charge is 0.507 e. The number of hydrogen-bond acceptors (Lipinski definition) is 4. The summed E-state index contributed by atoms with van der Waals surface area (Å²) in [6.07, 6.45) is 1.63. The summed E-state index contributed by atoms with van der Waals surface area (Å²) in [4.78, 5) is 27.3. The lowest BCUT2D eigenvalue weighted by Gasteiger charge is -2.27. The third-order valence-electron chi connectivity index (χ3n) is 5.25. The second-order valence-corrected chi connectivity index (χ2v) is 8.50. The summed E-state index contributed by atoms with van der Waals surface area (Å²) in [7, 11) is 0. The average molecular weight is 477 g/mol. The van der Waals surface area contributed by atoms with Crippen LogP contribution in [0.25, 0.3) is 5.76 Å². The highest BCUT2D eigenvalue weighted by Gasteiger charge is 2.47. The molecule has 2 heterocycles. The molecule has 2 saturated heterocycles. The second-order valence-electron chi connectivity index (χ2n) is 7.15. The first-order chi connectivity index (χ1) is 14.0. The summed E-state index contributed by atoms with van der Waals surface area (Å²) in [5.41, 5.74) is 1.21. The van der Waals surface area contributed by atoms with Crippen LogP contribution in [0, 0.1) is 0 Å². The monoisotopic (exact) mass is 475 g/mol. The van der Waals surface area contributed by atoms with Crippen molar-refractivity contribution in [3.05, 3.63) is 74.7 Å². The first kappa shape index (κ1) is 20.1. The Balaban J connectivity index is 1.83. The van der Waals surface area contributed by atoms with Gasteiger partial charge in [-0.25, -0.2) is 0 Å². The SMILES string of the molecule is O=C1C(=O)N(CC2CCCO2)C(c2cccc(Cl)c2)/C1=C(\O)c1ccc(Br)cc1. The van der Waals surface area contributed by atoms with Gasteiger partial charge in [0, 0.05) is 28.2 Å². The highest BCUT2D eigenvalue weighted by molar-refractivity contribution is 9.10. The van der Waals surface area contributed by atoms with Crippen LogP contribution in [0.2, 0.25) is 5.02 Å². The van der Waals surface area contributed by atoms with Gasteiger partial charge in [-0.3, -0.25) is 9.59 Å². The number of rotatable bonds is 4. The zero-order chi connectivity index (χ0) is 20.5. The van der Waals surface area contributed by atoms with Crippen molar-refractivity contribution in [1.82, 2.24) is 4.90 Å². The molecule has 0 radical (unpaired) electrons. The number of aliphatic hydroxyl groups excluding tert-OH is 1. The predicted molar refractivity (Wildman–Crippen MR) is 114 cm³/mol. The van der Waals surface area contributed by atoms with E-state index in [0.717, 1.165) is 17.3 Å². The van der Waals surface area contributed by atoms with Crippen LogP contribution in [0.3, 0.4) is 0 Å². The van der Waals surface area contributed by atoms with E-state index < -0.39 is 17.7 Å². The van der Waals surface area contributed by atoms with Crippen molar-refractivity contribution >= 4 is 45.0 Å². The highest BCUT2D eigenvalue weighted by atomic mass is 79.9. The van der Waals surface area contributed by atoms with Crippen molar-refractivity contribution in [3.8, 4) is 0 Å². The number of Topliss-reactive ketones (excluding diaryl/α,β-unsaturated/α-hetero) is 1. The molecule has 2 aromatic rings. The van der Waals surface area contributed by atoms with Gasteiger partial charge >= 0.3 is 0 Å². The molecule has 150 valence electrons. The van der Waals surface area contributed by atoms with Gasteiger partial charge in [0.1, 0.15) is 5.76 Å². The van der Waals surface area contributed by atoms with E-state index in [9.17, 15) is 14.7 Å². The van der Waals surface area contributed by atoms with Gasteiger partial charge in [-0.15, -0.1) is 0 Å². The molecule has 0 aliphatic carbocycles. The molecule has 29 heavy (non-hydrogen) atoms. The van der Waals surface area contributed by atoms with E-state index in [2.05, 4.69) is 15.9 Å². The van der Waals surface area contributed by atoms with Crippen molar-refractivity contribution in [3.63, 3.8) is 0 Å². The second kappa shape index (κ2) is 8.30. The summed E-state index contributed by atoms with van der Waals surface area (Å²) in [6, 6.07) is 13.2. The number of carbonyl (C=O) groups is 2. The Morgan fingerprint density at radius 1 is 1.21 bits per heavy atom. The number of amides is 1. The van der Waals surface area contributed by atoms with Crippen LogP contribution in [-0.4, -0.2) is 41.0 Å². The molecule has 5 nitrogen and oxygen atoms in total. The van der Waals surface area contributed by atoms with E-state index in [1.165, 1.54) is 4.90 Å². The van der Waals surface area contributed by atoms with Gasteiger partial charge < -0.3 is 14.7 Å². The molecule has 0 aromatic heterocycles. The van der Waals surface area contributed by atoms with Crippen molar-refractivity contribution < 1.29 is 19.4 Å². The van der Waals surface area contributed by atoms with Crippen molar-refractivity contribution in [2.45, 2.75) is 25.0 Å². The smallest absolute Gasteiger partial charge is 0.295 e. The van der Waals surface area contributed by atoms with E-state index in [-0.39, 0.29) is 17.4 Å². The van der Waals surface area contributed by atoms with Gasteiger partial charge in [0.05, 0.1) is 17.7 Å². The molecule has 0 spiro atoms. The van der Waals surface area contributed by atoms with Gasteiger partial charge in [-0.1, -0.05) is 51.8 Å². The first-order valence-corrected chi connectivity index (χ1v) is 10.5. The fourth-order valence-corrected chi connectivity index (χ4v) is 4.33. The fraction of sp³-hybridized carbons (Fsp3) is 0.273. The van der Waals surface area contributed by atoms with Gasteiger partial charge in [0.2, 0.25) is 0 Å². The topological polar surface area (TPSA) is 66.8 Å². The molecule has 1 N–H and O–H groups in total. The lowest BCUT2D eigenvalue weighted by molar-refractivity contribution is -0.140. The van der Waals surface area contributed by atoms with E-state index >= 15 is 0 Å². The maximum Gasteiger partial charge on any atom is 0.295 e. The molecular formula is C22H19BrClNO4. The van der Waals surface area contributed by atoms with Crippen LogP contribution in [0.15, 0.2) is 58.6 Å². The minimum Gasteiger partial charge on any atom is -0.507 e. The van der Waals surface area contributed by atoms with E-state index in [1.807, 2.05) is 0 Å². The van der Waals surface area contributed by atoms with E-state index in [1.54, 1.807) is 48.5 Å². The molecule has 0 bridgehead atoms. The van der Waals surface area contributed by atoms with Gasteiger partial charge in [0.15, 0.2) is 0 Å². The number of hydrogen-bond donors (Lipinski definition) is 1. The summed E-state index contributed by atoms with van der Waals surface area (Å²) >= 11 is 9.54. The van der Waals surface area contributed by atoms with Gasteiger partial charge in [-0.2, -0.15) is 0 Å². The third-order valence-corrected chi connectivity index (χ3v) is 6.01. The molecule has 7 heteroatoms. The Bertz CT molecular complexity index is 983. The van der Waals surface area contributed by atoms with Crippen LogP contribution < -0.4 is 0 Å². The molecule has 2 atom stereocenters. The van der Waals surface area contributed by atoms with Gasteiger partial charge in [-0.05, 0) is 42.7 Å². The zero-order valence-electron chi connectivity index (χ0n) is 15.5. The normalized spacial score (nSPS) is 23.7. The number of aliphatic hydroxyl groups is 1. The summed E-state index contributed by atoms with van der Waals surface area (Å²) in [5.74, 6) is -1.53. The number of benzene rings is 2. The molecule has 4 rings (SSSR count). The molecule has 2 unspecified atom stereocenters. The lowest BCUT2D eigenvalue weighted by Crippen LogP contribution is -2.36. The summed E-state index contributed by atoms with van der Waals surface area (Å²) in [5, 5.41) is 11.5. The fourth-order valence-electron chi connectivity index (χ4n) is 3.86. The van der Waals surface area contributed by atoms with E-state index in [4.69, 9.17) is 16.3 Å². The minimum atomic E-state index is -0.721. The Morgan fingerprint density at radius 2 is 1.97 bits per heavy atom. The third kappa shape index (κ3) is 3.97. The molecule has 2 aliphatic heterocycles. The Labute approximate surface area is 182 Å². The number of nitrogens with zero attached hydrogens (tertiary/aromatic N) is 1. The van der Waals surface area contributed by atoms with Crippen LogP contribution >= 0.6 is 27.5 Å². The number of carbonyl (C=O) groups excluding carboxylic acids is 2. The van der Waals surface area contributed by atoms with E-state index in [0.29, 0.717) is 29.3 Å². The first-order valence-electron chi connectivity index (χ1n) is 9.37. The summed E-state index contributed by atoms with van der Waals surface area (Å²) < 4.78 is 6.53. The molecule has 0 saturated carbocycles. The standard InChI is InChI=1S/C22H19BrClNO4/c23-15-8-6-13(7-9-15)20(26)18-19(14-3-1-4-16(24)11-14)25(22(28)21(18)27)12-17-5-2-10-29-17/h1,3-4,6-9,11,17,19,26H,2,5,10,12H2/b20-18+. The highest BCUT2D eigenvalue weighted by Crippen LogP contribution is 2.40. The van der Waals surface area contributed by atoms with Crippen molar-refractivity contribution in [2.75, 3.05) is 13.2 Å². The molecular weight excluding hydrogens is 458 g/mol. The van der Waals surface area contributed by atoms with Crippen LogP contribution in [0.1, 0.15) is 30.0 Å². The number of likely N-dealkylation sites (tertiary alicyclic amines) is 1. The summed E-state index contributed by atoms with van der Waals surface area (Å²) in [6.45, 7) is 0.939. The number of halogens is 2. The molecule has 2 aromatic carbocycles. The number of ether oxygens (including phenoxy) is 1. The minimum absolute atomic E-state index is 0.0672. The number of ketones is 1. The lowest BCUT2D eigenvalue weighted by atomic mass is 9.95. The van der Waals surface area contributed by atoms with Crippen LogP contribution in [0.4, 0.5) is 0 Å². The maximum atomic E-state index is 12.9.